The third-order valence-electron chi connectivity index (χ3n) is 6.67. The highest BCUT2D eigenvalue weighted by Gasteiger charge is 2.20. The van der Waals surface area contributed by atoms with Gasteiger partial charge in [0.25, 0.3) is 5.91 Å². The Morgan fingerprint density at radius 3 is 2.54 bits per heavy atom. The molecule has 1 saturated heterocycles. The van der Waals surface area contributed by atoms with Gasteiger partial charge in [0, 0.05) is 74.1 Å². The van der Waals surface area contributed by atoms with Crippen LogP contribution >= 0.6 is 23.4 Å². The van der Waals surface area contributed by atoms with Crippen molar-refractivity contribution < 1.29 is 4.79 Å². The quantitative estimate of drug-likeness (QED) is 0.167. The zero-order chi connectivity index (χ0) is 27.0. The summed E-state index contributed by atoms with van der Waals surface area (Å²) in [6, 6.07) is 23.8. The Morgan fingerprint density at radius 2 is 1.74 bits per heavy atom. The number of pyridine rings is 1. The largest absolute Gasteiger partial charge is 0.368 e. The summed E-state index contributed by atoms with van der Waals surface area (Å²) >= 11 is 7.91. The number of para-hydroxylation sites is 1. The van der Waals surface area contributed by atoms with Crippen LogP contribution in [0.5, 0.6) is 0 Å². The van der Waals surface area contributed by atoms with Crippen LogP contribution in [-0.2, 0) is 12.2 Å². The van der Waals surface area contributed by atoms with E-state index in [2.05, 4.69) is 56.3 Å². The van der Waals surface area contributed by atoms with Crippen LogP contribution in [0.3, 0.4) is 0 Å². The molecule has 3 heterocycles. The fourth-order valence-corrected chi connectivity index (χ4v) is 5.63. The van der Waals surface area contributed by atoms with Crippen LogP contribution in [0, 0.1) is 6.92 Å². The van der Waals surface area contributed by atoms with Crippen molar-refractivity contribution in [2.75, 3.05) is 42.5 Å². The van der Waals surface area contributed by atoms with Crippen molar-refractivity contribution in [2.24, 2.45) is 0 Å². The first-order valence-corrected chi connectivity index (χ1v) is 14.4. The lowest BCUT2D eigenvalue weighted by atomic mass is 10.1. The predicted molar refractivity (Wildman–Crippen MR) is 159 cm³/mol. The van der Waals surface area contributed by atoms with Crippen molar-refractivity contribution in [3.8, 4) is 0 Å². The summed E-state index contributed by atoms with van der Waals surface area (Å²) in [6.45, 7) is 6.26. The molecule has 5 rings (SSSR count). The minimum absolute atomic E-state index is 0.0936. The zero-order valence-corrected chi connectivity index (χ0v) is 23.5. The standard InChI is InChI=1S/C30H31ClN6OS/c1-22-7-2-3-11-26(22)36-15-17-37(18-16-36)28-20-27(31)34-30(35-28)39-21-23-8-6-9-24(19-23)29(38)33-14-12-25-10-4-5-13-32-25/h2-11,13,19-20H,12,14-18,21H2,1H3,(H,33,38). The zero-order valence-electron chi connectivity index (χ0n) is 21.9. The number of piperazine rings is 1. The third kappa shape index (κ3) is 7.28. The van der Waals surface area contributed by atoms with Gasteiger partial charge in [-0.05, 0) is 48.4 Å². The van der Waals surface area contributed by atoms with Crippen molar-refractivity contribution in [1.29, 1.82) is 0 Å². The minimum Gasteiger partial charge on any atom is -0.368 e. The number of hydrogen-bond donors (Lipinski definition) is 1. The van der Waals surface area contributed by atoms with Gasteiger partial charge in [-0.1, -0.05) is 59.8 Å². The molecular weight excluding hydrogens is 528 g/mol. The van der Waals surface area contributed by atoms with Crippen molar-refractivity contribution in [3.05, 3.63) is 107 Å². The van der Waals surface area contributed by atoms with Gasteiger partial charge in [-0.15, -0.1) is 0 Å². The lowest BCUT2D eigenvalue weighted by molar-refractivity contribution is 0.0954. The third-order valence-corrected chi connectivity index (χ3v) is 7.78. The van der Waals surface area contributed by atoms with E-state index in [4.69, 9.17) is 16.6 Å². The first-order chi connectivity index (χ1) is 19.0. The molecule has 1 N–H and O–H groups in total. The molecule has 0 bridgehead atoms. The first-order valence-electron chi connectivity index (χ1n) is 13.0. The highest BCUT2D eigenvalue weighted by atomic mass is 35.5. The second kappa shape index (κ2) is 13.0. The Bertz CT molecular complexity index is 1410. The molecule has 1 amide bonds. The van der Waals surface area contributed by atoms with Crippen LogP contribution in [0.25, 0.3) is 0 Å². The fourth-order valence-electron chi connectivity index (χ4n) is 4.61. The summed E-state index contributed by atoms with van der Waals surface area (Å²) in [5.74, 6) is 1.39. The molecular formula is C30H31ClN6OS. The highest BCUT2D eigenvalue weighted by Crippen LogP contribution is 2.27. The number of amides is 1. The maximum absolute atomic E-state index is 12.7. The maximum Gasteiger partial charge on any atom is 0.251 e. The Labute approximate surface area is 238 Å². The van der Waals surface area contributed by atoms with Gasteiger partial charge in [0.15, 0.2) is 5.16 Å². The monoisotopic (exact) mass is 558 g/mol. The molecule has 0 spiro atoms. The van der Waals surface area contributed by atoms with Crippen molar-refractivity contribution >= 4 is 40.8 Å². The number of nitrogens with one attached hydrogen (secondary N) is 1. The summed E-state index contributed by atoms with van der Waals surface area (Å²) in [6.07, 6.45) is 2.45. The number of aromatic nitrogens is 3. The Morgan fingerprint density at radius 1 is 0.949 bits per heavy atom. The molecule has 39 heavy (non-hydrogen) atoms. The Kier molecular flexibility index (Phi) is 8.96. The summed E-state index contributed by atoms with van der Waals surface area (Å²) < 4.78 is 0. The summed E-state index contributed by atoms with van der Waals surface area (Å²) in [5.41, 5.74) is 5.19. The molecule has 9 heteroatoms. The Balaban J connectivity index is 1.16. The van der Waals surface area contributed by atoms with Gasteiger partial charge in [0.2, 0.25) is 0 Å². The molecule has 2 aromatic carbocycles. The van der Waals surface area contributed by atoms with Crippen LogP contribution in [0.1, 0.15) is 27.2 Å². The molecule has 0 unspecified atom stereocenters. The molecule has 7 nitrogen and oxygen atoms in total. The van der Waals surface area contributed by atoms with E-state index in [0.29, 0.717) is 34.6 Å². The van der Waals surface area contributed by atoms with Crippen LogP contribution in [0.15, 0.2) is 84.1 Å². The minimum atomic E-state index is -0.0936. The molecule has 0 atom stereocenters. The predicted octanol–water partition coefficient (Wildman–Crippen LogP) is 5.42. The van der Waals surface area contributed by atoms with Crippen LogP contribution in [-0.4, -0.2) is 53.6 Å². The SMILES string of the molecule is Cc1ccccc1N1CCN(c2cc(Cl)nc(SCc3cccc(C(=O)NCCc4ccccn4)c3)n2)CC1. The molecule has 0 saturated carbocycles. The van der Waals surface area contributed by atoms with E-state index < -0.39 is 0 Å². The summed E-state index contributed by atoms with van der Waals surface area (Å²) in [7, 11) is 0. The van der Waals surface area contributed by atoms with Gasteiger partial charge < -0.3 is 15.1 Å². The Hall–Kier alpha value is -3.62. The van der Waals surface area contributed by atoms with Crippen LogP contribution in [0.4, 0.5) is 11.5 Å². The van der Waals surface area contributed by atoms with Gasteiger partial charge in [-0.2, -0.15) is 0 Å². The highest BCUT2D eigenvalue weighted by molar-refractivity contribution is 7.98. The fraction of sp³-hybridized carbons (Fsp3) is 0.267. The second-order valence-corrected chi connectivity index (χ2v) is 10.7. The lowest BCUT2D eigenvalue weighted by Crippen LogP contribution is -2.47. The maximum atomic E-state index is 12.7. The number of carbonyl (C=O) groups is 1. The van der Waals surface area contributed by atoms with Gasteiger partial charge in [-0.3, -0.25) is 9.78 Å². The topological polar surface area (TPSA) is 74.2 Å². The average Bonchev–Trinajstić information content (AvgIpc) is 2.97. The number of thioether (sulfide) groups is 1. The van der Waals surface area contributed by atoms with E-state index >= 15 is 0 Å². The van der Waals surface area contributed by atoms with Crippen molar-refractivity contribution in [1.82, 2.24) is 20.3 Å². The summed E-state index contributed by atoms with van der Waals surface area (Å²) in [5, 5.41) is 4.04. The molecule has 2 aromatic heterocycles. The average molecular weight is 559 g/mol. The van der Waals surface area contributed by atoms with Gasteiger partial charge in [0.1, 0.15) is 11.0 Å². The molecule has 0 aliphatic carbocycles. The number of nitrogens with zero attached hydrogens (tertiary/aromatic N) is 5. The van der Waals surface area contributed by atoms with Gasteiger partial charge in [-0.25, -0.2) is 9.97 Å². The number of rotatable bonds is 9. The van der Waals surface area contributed by atoms with E-state index in [-0.39, 0.29) is 5.91 Å². The van der Waals surface area contributed by atoms with Gasteiger partial charge in [0.05, 0.1) is 0 Å². The normalized spacial score (nSPS) is 13.4. The number of halogens is 1. The van der Waals surface area contributed by atoms with Crippen molar-refractivity contribution in [3.63, 3.8) is 0 Å². The van der Waals surface area contributed by atoms with Crippen LogP contribution in [0.2, 0.25) is 5.15 Å². The van der Waals surface area contributed by atoms with E-state index in [0.717, 1.165) is 43.3 Å². The number of hydrogen-bond acceptors (Lipinski definition) is 7. The molecule has 1 fully saturated rings. The number of anilines is 2. The second-order valence-electron chi connectivity index (χ2n) is 9.41. The number of carbonyl (C=O) groups excluding carboxylic acids is 1. The van der Waals surface area contributed by atoms with E-state index in [1.165, 1.54) is 23.0 Å². The summed E-state index contributed by atoms with van der Waals surface area (Å²) in [4.78, 5) is 30.9. The van der Waals surface area contributed by atoms with E-state index in [1.54, 1.807) is 6.20 Å². The number of benzene rings is 2. The van der Waals surface area contributed by atoms with Crippen LogP contribution < -0.4 is 15.1 Å². The molecule has 1 aliphatic rings. The van der Waals surface area contributed by atoms with Crippen molar-refractivity contribution in [2.45, 2.75) is 24.3 Å². The van der Waals surface area contributed by atoms with Gasteiger partial charge >= 0.3 is 0 Å². The number of aryl methyl sites for hydroxylation is 1. The smallest absolute Gasteiger partial charge is 0.251 e. The first kappa shape index (κ1) is 27.0. The molecule has 200 valence electrons. The van der Waals surface area contributed by atoms with E-state index in [9.17, 15) is 4.79 Å². The molecule has 4 aromatic rings. The lowest BCUT2D eigenvalue weighted by Gasteiger charge is -2.37. The van der Waals surface area contributed by atoms with E-state index in [1.807, 2.05) is 48.5 Å². The molecule has 1 aliphatic heterocycles. The molecule has 0 radical (unpaired) electrons.